The molecule has 0 spiro atoms. The second-order valence-electron chi connectivity index (χ2n) is 7.17. The van der Waals surface area contributed by atoms with Gasteiger partial charge in [0.1, 0.15) is 0 Å². The summed E-state index contributed by atoms with van der Waals surface area (Å²) >= 11 is 12.0. The SMILES string of the molecule is Clc1ccc(Nc2nc(NCc3nnc(-c4cccnc4)o3)nc(Nc3ccc(Cl)cc3)n2)cc1. The zero-order valence-corrected chi connectivity index (χ0v) is 19.5. The van der Waals surface area contributed by atoms with E-state index in [2.05, 4.69) is 46.1 Å². The number of nitrogens with one attached hydrogen (secondary N) is 3. The van der Waals surface area contributed by atoms with Crippen LogP contribution >= 0.6 is 23.2 Å². The molecule has 0 aliphatic rings. The summed E-state index contributed by atoms with van der Waals surface area (Å²) in [6.07, 6.45) is 3.33. The summed E-state index contributed by atoms with van der Waals surface area (Å²) in [5, 5.41) is 18.8. The van der Waals surface area contributed by atoms with E-state index in [1.165, 1.54) is 0 Å². The number of halogens is 2. The van der Waals surface area contributed by atoms with Crippen LogP contribution in [-0.2, 0) is 6.54 Å². The second kappa shape index (κ2) is 10.3. The molecule has 0 radical (unpaired) electrons. The smallest absolute Gasteiger partial charge is 0.249 e. The molecule has 5 aromatic rings. The van der Waals surface area contributed by atoms with E-state index in [1.54, 1.807) is 42.7 Å². The molecular formula is C23H17Cl2N9O. The van der Waals surface area contributed by atoms with Crippen molar-refractivity contribution in [1.82, 2.24) is 30.1 Å². The summed E-state index contributed by atoms with van der Waals surface area (Å²) in [6.45, 7) is 0.206. The number of benzene rings is 2. The van der Waals surface area contributed by atoms with E-state index in [4.69, 9.17) is 27.6 Å². The molecule has 0 aliphatic carbocycles. The van der Waals surface area contributed by atoms with Gasteiger partial charge in [0, 0.05) is 33.8 Å². The first-order chi connectivity index (χ1) is 17.1. The number of aromatic nitrogens is 6. The molecule has 5 rings (SSSR count). The highest BCUT2D eigenvalue weighted by atomic mass is 35.5. The van der Waals surface area contributed by atoms with Crippen molar-refractivity contribution in [2.24, 2.45) is 0 Å². The van der Waals surface area contributed by atoms with E-state index in [1.807, 2.05) is 30.3 Å². The fourth-order valence-corrected chi connectivity index (χ4v) is 3.23. The largest absolute Gasteiger partial charge is 0.419 e. The maximum atomic E-state index is 5.98. The van der Waals surface area contributed by atoms with Crippen LogP contribution in [0.3, 0.4) is 0 Å². The summed E-state index contributed by atoms with van der Waals surface area (Å²) in [4.78, 5) is 17.4. The van der Waals surface area contributed by atoms with E-state index in [-0.39, 0.29) is 6.54 Å². The lowest BCUT2D eigenvalue weighted by atomic mass is 10.3. The van der Waals surface area contributed by atoms with Gasteiger partial charge in [-0.3, -0.25) is 4.98 Å². The van der Waals surface area contributed by atoms with Crippen LogP contribution in [0, 0.1) is 0 Å². The standard InChI is InChI=1S/C23H17Cl2N9O/c24-15-3-7-17(8-4-15)28-22-30-21(31-23(32-22)29-18-9-5-16(25)6-10-18)27-13-19-33-34-20(35-19)14-2-1-11-26-12-14/h1-12H,13H2,(H3,27,28,29,30,31,32). The highest BCUT2D eigenvalue weighted by Crippen LogP contribution is 2.22. The molecule has 10 nitrogen and oxygen atoms in total. The van der Waals surface area contributed by atoms with Crippen molar-refractivity contribution in [2.75, 3.05) is 16.0 Å². The molecule has 0 amide bonds. The van der Waals surface area contributed by atoms with Crippen LogP contribution in [0.5, 0.6) is 0 Å². The van der Waals surface area contributed by atoms with Gasteiger partial charge in [0.25, 0.3) is 0 Å². The van der Waals surface area contributed by atoms with Crippen LogP contribution in [0.15, 0.2) is 77.5 Å². The maximum Gasteiger partial charge on any atom is 0.249 e. The highest BCUT2D eigenvalue weighted by molar-refractivity contribution is 6.30. The van der Waals surface area contributed by atoms with Crippen LogP contribution < -0.4 is 16.0 Å². The molecule has 0 bridgehead atoms. The summed E-state index contributed by atoms with van der Waals surface area (Å²) in [7, 11) is 0. The number of rotatable bonds is 8. The lowest BCUT2D eigenvalue weighted by Crippen LogP contribution is -2.09. The third kappa shape index (κ3) is 5.99. The Kier molecular flexibility index (Phi) is 6.64. The van der Waals surface area contributed by atoms with Gasteiger partial charge in [-0.25, -0.2) is 0 Å². The Labute approximate surface area is 209 Å². The van der Waals surface area contributed by atoms with Gasteiger partial charge in [-0.15, -0.1) is 10.2 Å². The second-order valence-corrected chi connectivity index (χ2v) is 8.04. The molecule has 0 aliphatic heterocycles. The number of nitrogens with zero attached hydrogens (tertiary/aromatic N) is 6. The van der Waals surface area contributed by atoms with Crippen molar-refractivity contribution in [3.8, 4) is 11.5 Å². The number of anilines is 5. The Morgan fingerprint density at radius 3 is 1.89 bits per heavy atom. The van der Waals surface area contributed by atoms with Gasteiger partial charge in [-0.1, -0.05) is 23.2 Å². The molecule has 2 aromatic carbocycles. The van der Waals surface area contributed by atoms with Gasteiger partial charge < -0.3 is 20.4 Å². The van der Waals surface area contributed by atoms with Crippen LogP contribution in [0.2, 0.25) is 10.0 Å². The quantitative estimate of drug-likeness (QED) is 0.240. The Morgan fingerprint density at radius 1 is 0.714 bits per heavy atom. The van der Waals surface area contributed by atoms with Gasteiger partial charge >= 0.3 is 0 Å². The van der Waals surface area contributed by atoms with Gasteiger partial charge in [0.05, 0.1) is 12.1 Å². The molecule has 35 heavy (non-hydrogen) atoms. The summed E-state index contributed by atoms with van der Waals surface area (Å²) in [5.74, 6) is 1.68. The molecule has 0 atom stereocenters. The molecule has 0 saturated carbocycles. The maximum absolute atomic E-state index is 5.98. The molecule has 3 N–H and O–H groups in total. The van der Waals surface area contributed by atoms with Crippen molar-refractivity contribution in [3.05, 3.63) is 89.0 Å². The first-order valence-corrected chi connectivity index (χ1v) is 11.1. The minimum atomic E-state index is 0.206. The van der Waals surface area contributed by atoms with Gasteiger partial charge in [-0.2, -0.15) is 15.0 Å². The predicted molar refractivity (Wildman–Crippen MR) is 134 cm³/mol. The fourth-order valence-electron chi connectivity index (χ4n) is 2.98. The molecule has 0 saturated heterocycles. The van der Waals surface area contributed by atoms with Crippen molar-refractivity contribution in [2.45, 2.75) is 6.54 Å². The molecule has 0 fully saturated rings. The van der Waals surface area contributed by atoms with E-state index >= 15 is 0 Å². The minimum Gasteiger partial charge on any atom is -0.419 e. The predicted octanol–water partition coefficient (Wildman–Crippen LogP) is 5.72. The number of pyridine rings is 1. The van der Waals surface area contributed by atoms with Crippen molar-refractivity contribution >= 4 is 52.4 Å². The first-order valence-electron chi connectivity index (χ1n) is 10.4. The van der Waals surface area contributed by atoms with E-state index in [9.17, 15) is 0 Å². The first kappa shape index (κ1) is 22.5. The average Bonchev–Trinajstić information content (AvgIpc) is 3.35. The van der Waals surface area contributed by atoms with E-state index in [0.29, 0.717) is 39.7 Å². The van der Waals surface area contributed by atoms with E-state index in [0.717, 1.165) is 16.9 Å². The molecule has 3 heterocycles. The third-order valence-electron chi connectivity index (χ3n) is 4.61. The lowest BCUT2D eigenvalue weighted by molar-refractivity contribution is 0.514. The molecule has 174 valence electrons. The average molecular weight is 506 g/mol. The Bertz CT molecular complexity index is 1350. The minimum absolute atomic E-state index is 0.206. The molecular weight excluding hydrogens is 489 g/mol. The van der Waals surface area contributed by atoms with Gasteiger partial charge in [-0.05, 0) is 60.7 Å². The highest BCUT2D eigenvalue weighted by Gasteiger charge is 2.12. The van der Waals surface area contributed by atoms with E-state index < -0.39 is 0 Å². The Hall–Kier alpha value is -4.28. The fraction of sp³-hybridized carbons (Fsp3) is 0.0435. The van der Waals surface area contributed by atoms with Crippen LogP contribution in [0.25, 0.3) is 11.5 Å². The number of hydrogen-bond acceptors (Lipinski definition) is 10. The lowest BCUT2D eigenvalue weighted by Gasteiger charge is -2.11. The third-order valence-corrected chi connectivity index (χ3v) is 5.11. The Balaban J connectivity index is 1.36. The normalized spacial score (nSPS) is 10.7. The van der Waals surface area contributed by atoms with Crippen LogP contribution in [0.4, 0.5) is 29.2 Å². The zero-order chi connectivity index (χ0) is 24.0. The molecule has 0 unspecified atom stereocenters. The monoisotopic (exact) mass is 505 g/mol. The van der Waals surface area contributed by atoms with Crippen LogP contribution in [0.1, 0.15) is 5.89 Å². The summed E-state index contributed by atoms with van der Waals surface area (Å²) in [5.41, 5.74) is 2.26. The number of hydrogen-bond donors (Lipinski definition) is 3. The van der Waals surface area contributed by atoms with Gasteiger partial charge in [0.2, 0.25) is 29.6 Å². The topological polar surface area (TPSA) is 127 Å². The summed E-state index contributed by atoms with van der Waals surface area (Å²) < 4.78 is 5.71. The molecule has 12 heteroatoms. The van der Waals surface area contributed by atoms with Crippen molar-refractivity contribution < 1.29 is 4.42 Å². The van der Waals surface area contributed by atoms with Crippen molar-refractivity contribution in [3.63, 3.8) is 0 Å². The zero-order valence-electron chi connectivity index (χ0n) is 18.0. The van der Waals surface area contributed by atoms with Gasteiger partial charge in [0.15, 0.2) is 0 Å². The summed E-state index contributed by atoms with van der Waals surface area (Å²) in [6, 6.07) is 18.0. The van der Waals surface area contributed by atoms with Crippen LogP contribution in [-0.4, -0.2) is 30.1 Å². The molecule has 3 aromatic heterocycles. The van der Waals surface area contributed by atoms with Crippen molar-refractivity contribution in [1.29, 1.82) is 0 Å². The Morgan fingerprint density at radius 2 is 1.31 bits per heavy atom.